The van der Waals surface area contributed by atoms with Gasteiger partial charge in [0.15, 0.2) is 0 Å². The number of nitrogens with zero attached hydrogens (tertiary/aromatic N) is 1. The van der Waals surface area contributed by atoms with Crippen molar-refractivity contribution in [1.82, 2.24) is 10.3 Å². The molecule has 6 heteroatoms. The van der Waals surface area contributed by atoms with E-state index in [9.17, 15) is 9.59 Å². The fourth-order valence-corrected chi connectivity index (χ4v) is 3.24. The molecule has 1 saturated carbocycles. The summed E-state index contributed by atoms with van der Waals surface area (Å²) < 4.78 is 0. The molecule has 1 aromatic heterocycles. The van der Waals surface area contributed by atoms with Crippen LogP contribution in [0.15, 0.2) is 18.3 Å². The molecular weight excluding hydrogens is 276 g/mol. The van der Waals surface area contributed by atoms with Crippen molar-refractivity contribution in [2.24, 2.45) is 0 Å². The molecule has 1 amide bonds. The third-order valence-corrected chi connectivity index (χ3v) is 4.63. The average molecular weight is 294 g/mol. The molecule has 2 atom stereocenters. The standard InChI is InChI=1S/C14H18N2O3S/c1-20-11-4-2-3-10(7-11)16-13(17)9-5-6-12(14(18)19)15-8-9/h5-6,8,10-11H,2-4,7H2,1H3,(H,16,17)(H,18,19). The molecule has 1 aliphatic rings. The van der Waals surface area contributed by atoms with Gasteiger partial charge in [-0.25, -0.2) is 9.78 Å². The zero-order valence-corrected chi connectivity index (χ0v) is 12.2. The van der Waals surface area contributed by atoms with Crippen molar-refractivity contribution in [2.75, 3.05) is 6.26 Å². The Kier molecular flexibility index (Phi) is 5.00. The van der Waals surface area contributed by atoms with Gasteiger partial charge in [0.1, 0.15) is 5.69 Å². The van der Waals surface area contributed by atoms with Gasteiger partial charge in [-0.1, -0.05) is 6.42 Å². The van der Waals surface area contributed by atoms with Crippen molar-refractivity contribution in [3.63, 3.8) is 0 Å². The summed E-state index contributed by atoms with van der Waals surface area (Å²) in [4.78, 5) is 26.5. The van der Waals surface area contributed by atoms with E-state index >= 15 is 0 Å². The summed E-state index contributed by atoms with van der Waals surface area (Å²) in [6, 6.07) is 3.05. The van der Waals surface area contributed by atoms with Crippen LogP contribution in [0.5, 0.6) is 0 Å². The van der Waals surface area contributed by atoms with Crippen LogP contribution in [0.25, 0.3) is 0 Å². The highest BCUT2D eigenvalue weighted by molar-refractivity contribution is 7.99. The summed E-state index contributed by atoms with van der Waals surface area (Å²) in [6.45, 7) is 0. The molecule has 5 nitrogen and oxygen atoms in total. The maximum absolute atomic E-state index is 12.1. The smallest absolute Gasteiger partial charge is 0.354 e. The predicted octanol–water partition coefficient (Wildman–Crippen LogP) is 2.18. The van der Waals surface area contributed by atoms with E-state index in [1.54, 1.807) is 0 Å². The topological polar surface area (TPSA) is 79.3 Å². The third-order valence-electron chi connectivity index (χ3n) is 3.54. The Morgan fingerprint density at radius 3 is 2.80 bits per heavy atom. The van der Waals surface area contributed by atoms with E-state index in [0.29, 0.717) is 10.8 Å². The van der Waals surface area contributed by atoms with Gasteiger partial charge >= 0.3 is 5.97 Å². The maximum atomic E-state index is 12.1. The van der Waals surface area contributed by atoms with Crippen molar-refractivity contribution in [3.8, 4) is 0 Å². The maximum Gasteiger partial charge on any atom is 0.354 e. The fourth-order valence-electron chi connectivity index (χ4n) is 2.41. The Morgan fingerprint density at radius 1 is 1.40 bits per heavy atom. The molecule has 2 unspecified atom stereocenters. The van der Waals surface area contributed by atoms with Crippen molar-refractivity contribution >= 4 is 23.6 Å². The molecule has 0 radical (unpaired) electrons. The van der Waals surface area contributed by atoms with Gasteiger partial charge in [0.05, 0.1) is 5.56 Å². The first-order valence-electron chi connectivity index (χ1n) is 6.63. The van der Waals surface area contributed by atoms with E-state index in [-0.39, 0.29) is 17.6 Å². The van der Waals surface area contributed by atoms with E-state index in [2.05, 4.69) is 16.6 Å². The lowest BCUT2D eigenvalue weighted by molar-refractivity contribution is 0.0689. The van der Waals surface area contributed by atoms with Gasteiger partial charge in [0, 0.05) is 17.5 Å². The molecule has 1 aromatic rings. The Labute approximate surface area is 122 Å². The zero-order valence-electron chi connectivity index (χ0n) is 11.3. The van der Waals surface area contributed by atoms with Gasteiger partial charge in [-0.05, 0) is 37.7 Å². The van der Waals surface area contributed by atoms with Crippen molar-refractivity contribution in [3.05, 3.63) is 29.6 Å². The second kappa shape index (κ2) is 6.74. The second-order valence-electron chi connectivity index (χ2n) is 4.93. The van der Waals surface area contributed by atoms with Gasteiger partial charge in [0.2, 0.25) is 0 Å². The zero-order chi connectivity index (χ0) is 14.5. The average Bonchev–Trinajstić information content (AvgIpc) is 2.47. The van der Waals surface area contributed by atoms with Crippen LogP contribution in [0.4, 0.5) is 0 Å². The van der Waals surface area contributed by atoms with E-state index < -0.39 is 5.97 Å². The molecule has 1 heterocycles. The molecule has 0 aliphatic heterocycles. The Morgan fingerprint density at radius 2 is 2.20 bits per heavy atom. The van der Waals surface area contributed by atoms with Crippen LogP contribution in [0.3, 0.4) is 0 Å². The number of thioether (sulfide) groups is 1. The van der Waals surface area contributed by atoms with Crippen molar-refractivity contribution in [2.45, 2.75) is 37.0 Å². The van der Waals surface area contributed by atoms with Crippen LogP contribution >= 0.6 is 11.8 Å². The number of nitrogens with one attached hydrogen (secondary N) is 1. The molecule has 108 valence electrons. The largest absolute Gasteiger partial charge is 0.477 e. The predicted molar refractivity (Wildman–Crippen MR) is 78.2 cm³/mol. The highest BCUT2D eigenvalue weighted by Crippen LogP contribution is 2.27. The lowest BCUT2D eigenvalue weighted by Gasteiger charge is -2.28. The highest BCUT2D eigenvalue weighted by Gasteiger charge is 2.23. The van der Waals surface area contributed by atoms with Crippen LogP contribution in [-0.4, -0.2) is 39.5 Å². The summed E-state index contributed by atoms with van der Waals surface area (Å²) in [5, 5.41) is 12.4. The number of pyridine rings is 1. The van der Waals surface area contributed by atoms with Crippen LogP contribution in [0.1, 0.15) is 46.5 Å². The molecule has 0 bridgehead atoms. The fraction of sp³-hybridized carbons (Fsp3) is 0.500. The monoisotopic (exact) mass is 294 g/mol. The lowest BCUT2D eigenvalue weighted by Crippen LogP contribution is -2.39. The molecule has 1 aliphatic carbocycles. The molecule has 20 heavy (non-hydrogen) atoms. The molecule has 1 fully saturated rings. The summed E-state index contributed by atoms with van der Waals surface area (Å²) >= 11 is 1.85. The lowest BCUT2D eigenvalue weighted by atomic mass is 9.95. The Balaban J connectivity index is 1.95. The first kappa shape index (κ1) is 14.8. The first-order chi connectivity index (χ1) is 9.60. The minimum absolute atomic E-state index is 0.0540. The molecule has 2 N–H and O–H groups in total. The molecule has 0 aromatic carbocycles. The van der Waals surface area contributed by atoms with Gasteiger partial charge in [-0.3, -0.25) is 4.79 Å². The summed E-state index contributed by atoms with van der Waals surface area (Å²) in [5.74, 6) is -1.27. The second-order valence-corrected chi connectivity index (χ2v) is 6.07. The third kappa shape index (κ3) is 3.72. The number of carbonyl (C=O) groups is 2. The number of carboxylic acids is 1. The first-order valence-corrected chi connectivity index (χ1v) is 7.92. The van der Waals surface area contributed by atoms with Gasteiger partial charge < -0.3 is 10.4 Å². The van der Waals surface area contributed by atoms with E-state index in [1.807, 2.05) is 11.8 Å². The number of aromatic carboxylic acids is 1. The number of hydrogen-bond acceptors (Lipinski definition) is 4. The van der Waals surface area contributed by atoms with Gasteiger partial charge in [0.25, 0.3) is 5.91 Å². The number of hydrogen-bond donors (Lipinski definition) is 2. The van der Waals surface area contributed by atoms with E-state index in [1.165, 1.54) is 24.8 Å². The normalized spacial score (nSPS) is 22.2. The highest BCUT2D eigenvalue weighted by atomic mass is 32.2. The van der Waals surface area contributed by atoms with Crippen LogP contribution < -0.4 is 5.32 Å². The van der Waals surface area contributed by atoms with Crippen LogP contribution in [0.2, 0.25) is 0 Å². The summed E-state index contributed by atoms with van der Waals surface area (Å²) in [6.07, 6.45) is 7.75. The van der Waals surface area contributed by atoms with Gasteiger partial charge in [-0.2, -0.15) is 11.8 Å². The number of rotatable bonds is 4. The number of carbonyl (C=O) groups excluding carboxylic acids is 1. The summed E-state index contributed by atoms with van der Waals surface area (Å²) in [7, 11) is 0. The minimum Gasteiger partial charge on any atom is -0.477 e. The van der Waals surface area contributed by atoms with Crippen molar-refractivity contribution in [1.29, 1.82) is 0 Å². The molecular formula is C14H18N2O3S. The quantitative estimate of drug-likeness (QED) is 0.890. The number of carboxylic acid groups (broad SMARTS) is 1. The minimum atomic E-state index is -1.09. The molecule has 0 saturated heterocycles. The van der Waals surface area contributed by atoms with Crippen LogP contribution in [-0.2, 0) is 0 Å². The number of aromatic nitrogens is 1. The summed E-state index contributed by atoms with van der Waals surface area (Å²) in [5.41, 5.74) is 0.350. The van der Waals surface area contributed by atoms with Crippen molar-refractivity contribution < 1.29 is 14.7 Å². The van der Waals surface area contributed by atoms with E-state index in [4.69, 9.17) is 5.11 Å². The molecule has 2 rings (SSSR count). The Bertz CT molecular complexity index is 490. The SMILES string of the molecule is CSC1CCCC(NC(=O)c2ccc(C(=O)O)nc2)C1. The van der Waals surface area contributed by atoms with E-state index in [0.717, 1.165) is 19.3 Å². The number of amides is 1. The van der Waals surface area contributed by atoms with Crippen LogP contribution in [0, 0.1) is 0 Å². The Hall–Kier alpha value is -1.56. The molecule has 0 spiro atoms. The van der Waals surface area contributed by atoms with Gasteiger partial charge in [-0.15, -0.1) is 0 Å².